The summed E-state index contributed by atoms with van der Waals surface area (Å²) in [4.78, 5) is 12.0. The number of fused-ring (bicyclic) bond motifs is 4. The van der Waals surface area contributed by atoms with Crippen LogP contribution in [-0.4, -0.2) is 31.1 Å². The molecular formula is C17H30O4. The summed E-state index contributed by atoms with van der Waals surface area (Å²) >= 11 is 0. The second kappa shape index (κ2) is 8.74. The van der Waals surface area contributed by atoms with Crippen LogP contribution in [-0.2, 0) is 19.0 Å². The number of hydrogen-bond donors (Lipinski definition) is 0. The lowest BCUT2D eigenvalue weighted by molar-refractivity contribution is -0.164. The molecule has 2 bridgehead atoms. The van der Waals surface area contributed by atoms with E-state index in [1.54, 1.807) is 0 Å². The molecule has 0 radical (unpaired) electrons. The Kier molecular flexibility index (Phi) is 6.97. The second-order valence-electron chi connectivity index (χ2n) is 6.27. The van der Waals surface area contributed by atoms with Gasteiger partial charge in [0.05, 0.1) is 24.7 Å². The summed E-state index contributed by atoms with van der Waals surface area (Å²) in [5.74, 6) is -0.0550. The molecule has 2 aliphatic heterocycles. The van der Waals surface area contributed by atoms with E-state index in [2.05, 4.69) is 6.92 Å². The lowest BCUT2D eigenvalue weighted by Gasteiger charge is -2.21. The molecule has 4 heteroatoms. The normalized spacial score (nSPS) is 29.9. The first-order valence-electron chi connectivity index (χ1n) is 8.70. The van der Waals surface area contributed by atoms with Crippen LogP contribution >= 0.6 is 0 Å². The van der Waals surface area contributed by atoms with Gasteiger partial charge in [0.25, 0.3) is 0 Å². The van der Waals surface area contributed by atoms with E-state index >= 15 is 0 Å². The van der Waals surface area contributed by atoms with Gasteiger partial charge in [0, 0.05) is 0 Å². The van der Waals surface area contributed by atoms with Crippen molar-refractivity contribution in [2.45, 2.75) is 90.1 Å². The van der Waals surface area contributed by atoms with E-state index in [0.29, 0.717) is 18.8 Å². The van der Waals surface area contributed by atoms with Crippen LogP contribution in [0.2, 0.25) is 0 Å². The average Bonchev–Trinajstić information content (AvgIpc) is 2.80. The van der Waals surface area contributed by atoms with E-state index in [9.17, 15) is 4.79 Å². The highest BCUT2D eigenvalue weighted by molar-refractivity contribution is 5.72. The van der Waals surface area contributed by atoms with E-state index in [0.717, 1.165) is 57.8 Å². The van der Waals surface area contributed by atoms with Crippen molar-refractivity contribution in [2.75, 3.05) is 6.61 Å². The van der Waals surface area contributed by atoms with Gasteiger partial charge in [-0.05, 0) is 51.9 Å². The fraction of sp³-hybridized carbons (Fsp3) is 0.941. The van der Waals surface area contributed by atoms with Gasteiger partial charge < -0.3 is 14.2 Å². The molecule has 3 rings (SSSR count). The van der Waals surface area contributed by atoms with Crippen LogP contribution in [0, 0.1) is 5.92 Å². The number of unbranched alkanes of at least 4 members (excludes halogenated alkanes) is 1. The molecule has 0 aromatic rings. The van der Waals surface area contributed by atoms with Crippen LogP contribution < -0.4 is 0 Å². The summed E-state index contributed by atoms with van der Waals surface area (Å²) < 4.78 is 17.2. The molecule has 21 heavy (non-hydrogen) atoms. The van der Waals surface area contributed by atoms with Crippen molar-refractivity contribution < 1.29 is 19.0 Å². The first-order chi connectivity index (χ1) is 10.2. The molecule has 1 aliphatic carbocycles. The van der Waals surface area contributed by atoms with Gasteiger partial charge in [0.15, 0.2) is 6.29 Å². The molecule has 1 saturated carbocycles. The third-order valence-electron chi connectivity index (χ3n) is 4.59. The van der Waals surface area contributed by atoms with Crippen molar-refractivity contribution in [3.63, 3.8) is 0 Å². The molecule has 2 saturated heterocycles. The Balaban J connectivity index is 1.81. The second-order valence-corrected chi connectivity index (χ2v) is 6.27. The zero-order valence-electron chi connectivity index (χ0n) is 13.5. The van der Waals surface area contributed by atoms with Crippen LogP contribution in [0.1, 0.15) is 71.6 Å². The van der Waals surface area contributed by atoms with Crippen molar-refractivity contribution in [1.29, 1.82) is 0 Å². The summed E-state index contributed by atoms with van der Waals surface area (Å²) in [6.07, 6.45) is 9.81. The van der Waals surface area contributed by atoms with Crippen LogP contribution in [0.4, 0.5) is 0 Å². The first kappa shape index (κ1) is 16.8. The number of ether oxygens (including phenoxy) is 3. The van der Waals surface area contributed by atoms with Crippen molar-refractivity contribution in [2.24, 2.45) is 5.92 Å². The molecule has 122 valence electrons. The maximum absolute atomic E-state index is 12.0. The standard InChI is InChI=1S/C17H30O4/c1-3-5-6-13(17(18)19-4-2)7-12-16-20-14-8-9-15(21-16)11-10-14/h13-16H,3-12H2,1-2H3. The van der Waals surface area contributed by atoms with E-state index in [1.807, 2.05) is 6.92 Å². The topological polar surface area (TPSA) is 44.8 Å². The largest absolute Gasteiger partial charge is 0.466 e. The van der Waals surface area contributed by atoms with Gasteiger partial charge in [-0.2, -0.15) is 0 Å². The fourth-order valence-corrected chi connectivity index (χ4v) is 3.33. The molecule has 0 amide bonds. The minimum absolute atomic E-state index is 0.00185. The van der Waals surface area contributed by atoms with Gasteiger partial charge in [-0.15, -0.1) is 0 Å². The number of rotatable bonds is 8. The minimum atomic E-state index is -0.122. The van der Waals surface area contributed by atoms with Gasteiger partial charge in [0.2, 0.25) is 0 Å². The van der Waals surface area contributed by atoms with E-state index in [-0.39, 0.29) is 18.2 Å². The van der Waals surface area contributed by atoms with E-state index in [4.69, 9.17) is 14.2 Å². The highest BCUT2D eigenvalue weighted by atomic mass is 16.7. The third-order valence-corrected chi connectivity index (χ3v) is 4.59. The van der Waals surface area contributed by atoms with Crippen molar-refractivity contribution in [3.05, 3.63) is 0 Å². The summed E-state index contributed by atoms with van der Waals surface area (Å²) in [6.45, 7) is 4.48. The Hall–Kier alpha value is -0.610. The molecule has 4 nitrogen and oxygen atoms in total. The monoisotopic (exact) mass is 298 g/mol. The molecular weight excluding hydrogens is 268 g/mol. The molecule has 0 aromatic heterocycles. The van der Waals surface area contributed by atoms with Crippen LogP contribution in [0.15, 0.2) is 0 Å². The molecule has 1 unspecified atom stereocenters. The molecule has 1 atom stereocenters. The number of esters is 1. The van der Waals surface area contributed by atoms with Crippen molar-refractivity contribution >= 4 is 5.97 Å². The Morgan fingerprint density at radius 1 is 1.10 bits per heavy atom. The van der Waals surface area contributed by atoms with Crippen molar-refractivity contribution in [3.8, 4) is 0 Å². The summed E-state index contributed by atoms with van der Waals surface area (Å²) in [5.41, 5.74) is 0. The van der Waals surface area contributed by atoms with Crippen LogP contribution in [0.3, 0.4) is 0 Å². The van der Waals surface area contributed by atoms with Gasteiger partial charge in [-0.25, -0.2) is 0 Å². The summed E-state index contributed by atoms with van der Waals surface area (Å²) in [7, 11) is 0. The Morgan fingerprint density at radius 3 is 2.24 bits per heavy atom. The van der Waals surface area contributed by atoms with Gasteiger partial charge in [-0.1, -0.05) is 19.8 Å². The third kappa shape index (κ3) is 5.26. The predicted molar refractivity (Wildman–Crippen MR) is 80.9 cm³/mol. The molecule has 0 aromatic carbocycles. The number of carbonyl (C=O) groups excluding carboxylic acids is 1. The van der Waals surface area contributed by atoms with Crippen molar-refractivity contribution in [1.82, 2.24) is 0 Å². The summed E-state index contributed by atoms with van der Waals surface area (Å²) in [6, 6.07) is 0. The zero-order valence-corrected chi connectivity index (χ0v) is 13.5. The lowest BCUT2D eigenvalue weighted by Crippen LogP contribution is -2.24. The predicted octanol–water partition coefficient (Wildman–Crippen LogP) is 3.82. The van der Waals surface area contributed by atoms with E-state index in [1.165, 1.54) is 0 Å². The molecule has 3 fully saturated rings. The van der Waals surface area contributed by atoms with Gasteiger partial charge >= 0.3 is 5.97 Å². The zero-order chi connectivity index (χ0) is 15.1. The average molecular weight is 298 g/mol. The SMILES string of the molecule is CCCCC(CCC1OC2CCC(CC2)O1)C(=O)OCC. The van der Waals surface area contributed by atoms with Gasteiger partial charge in [-0.3, -0.25) is 4.79 Å². The number of carbonyl (C=O) groups is 1. The quantitative estimate of drug-likeness (QED) is 0.639. The lowest BCUT2D eigenvalue weighted by atomic mass is 9.95. The highest BCUT2D eigenvalue weighted by Crippen LogP contribution is 2.32. The maximum Gasteiger partial charge on any atom is 0.308 e. The van der Waals surface area contributed by atoms with Crippen LogP contribution in [0.25, 0.3) is 0 Å². The van der Waals surface area contributed by atoms with Gasteiger partial charge in [0.1, 0.15) is 0 Å². The first-order valence-corrected chi connectivity index (χ1v) is 8.70. The van der Waals surface area contributed by atoms with Crippen LogP contribution in [0.5, 0.6) is 0 Å². The fourth-order valence-electron chi connectivity index (χ4n) is 3.33. The Labute approximate surface area is 128 Å². The molecule has 2 heterocycles. The Morgan fingerprint density at radius 2 is 1.71 bits per heavy atom. The summed E-state index contributed by atoms with van der Waals surface area (Å²) in [5, 5.41) is 0. The molecule has 0 N–H and O–H groups in total. The van der Waals surface area contributed by atoms with E-state index < -0.39 is 0 Å². The smallest absolute Gasteiger partial charge is 0.308 e. The Bertz CT molecular complexity index is 296. The maximum atomic E-state index is 12.0. The highest BCUT2D eigenvalue weighted by Gasteiger charge is 2.32. The molecule has 0 spiro atoms. The molecule has 3 aliphatic rings. The number of hydrogen-bond acceptors (Lipinski definition) is 4. The minimum Gasteiger partial charge on any atom is -0.466 e.